The zero-order chi connectivity index (χ0) is 16.2. The molecular formula is C19H25NO3. The summed E-state index contributed by atoms with van der Waals surface area (Å²) in [5, 5.41) is 3.04. The van der Waals surface area contributed by atoms with Crippen molar-refractivity contribution < 1.29 is 14.3 Å². The summed E-state index contributed by atoms with van der Waals surface area (Å²) in [5.41, 5.74) is 2.21. The van der Waals surface area contributed by atoms with Crippen LogP contribution >= 0.6 is 0 Å². The highest BCUT2D eigenvalue weighted by Gasteiger charge is 2.41. The van der Waals surface area contributed by atoms with Crippen LogP contribution in [0.15, 0.2) is 24.3 Å². The largest absolute Gasteiger partial charge is 0.380 e. The molecule has 1 N–H and O–H groups in total. The minimum Gasteiger partial charge on any atom is -0.380 e. The molecule has 2 unspecified atom stereocenters. The van der Waals surface area contributed by atoms with Gasteiger partial charge < -0.3 is 10.1 Å². The Morgan fingerprint density at radius 2 is 1.74 bits per heavy atom. The Labute approximate surface area is 137 Å². The molecule has 3 rings (SSSR count). The Balaban J connectivity index is 1.52. The minimum atomic E-state index is 0.00997. The average molecular weight is 315 g/mol. The lowest BCUT2D eigenvalue weighted by molar-refractivity contribution is -0.137. The van der Waals surface area contributed by atoms with E-state index in [1.54, 1.807) is 7.11 Å². The lowest BCUT2D eigenvalue weighted by atomic mass is 9.67. The summed E-state index contributed by atoms with van der Waals surface area (Å²) in [6.07, 6.45) is 4.57. The summed E-state index contributed by atoms with van der Waals surface area (Å²) in [6, 6.07) is 8.09. The van der Waals surface area contributed by atoms with Crippen molar-refractivity contribution in [2.75, 3.05) is 7.11 Å². The van der Waals surface area contributed by atoms with E-state index in [0.29, 0.717) is 18.9 Å². The van der Waals surface area contributed by atoms with Crippen molar-refractivity contribution >= 4 is 11.7 Å². The number of carbonyl (C=O) groups is 2. The smallest absolute Gasteiger partial charge is 0.223 e. The predicted molar refractivity (Wildman–Crippen MR) is 87.6 cm³/mol. The van der Waals surface area contributed by atoms with Crippen molar-refractivity contribution in [3.8, 4) is 0 Å². The first-order valence-corrected chi connectivity index (χ1v) is 8.55. The van der Waals surface area contributed by atoms with E-state index in [0.717, 1.165) is 43.2 Å². The fourth-order valence-electron chi connectivity index (χ4n) is 3.95. The van der Waals surface area contributed by atoms with Gasteiger partial charge in [0.1, 0.15) is 5.78 Å². The molecule has 2 bridgehead atoms. The highest BCUT2D eigenvalue weighted by Crippen LogP contribution is 2.40. The van der Waals surface area contributed by atoms with E-state index in [1.807, 2.05) is 24.3 Å². The summed E-state index contributed by atoms with van der Waals surface area (Å²) in [4.78, 5) is 24.5. The molecule has 2 saturated carbocycles. The van der Waals surface area contributed by atoms with Crippen molar-refractivity contribution in [2.45, 2.75) is 45.3 Å². The number of hydrogen-bond donors (Lipinski definition) is 1. The summed E-state index contributed by atoms with van der Waals surface area (Å²) < 4.78 is 5.09. The number of amides is 1. The third-order valence-electron chi connectivity index (χ3n) is 5.22. The van der Waals surface area contributed by atoms with E-state index in [9.17, 15) is 9.59 Å². The maximum absolute atomic E-state index is 12.4. The van der Waals surface area contributed by atoms with Gasteiger partial charge in [-0.15, -0.1) is 0 Å². The first kappa shape index (κ1) is 16.2. The summed E-state index contributed by atoms with van der Waals surface area (Å²) in [6.45, 7) is 1.15. The van der Waals surface area contributed by atoms with Crippen LogP contribution in [0.1, 0.15) is 43.2 Å². The molecule has 0 aliphatic heterocycles. The maximum atomic E-state index is 12.4. The number of carbonyl (C=O) groups excluding carboxylic acids is 2. The maximum Gasteiger partial charge on any atom is 0.223 e. The first-order valence-electron chi connectivity index (χ1n) is 8.55. The molecule has 0 saturated heterocycles. The number of benzene rings is 1. The fourth-order valence-corrected chi connectivity index (χ4v) is 3.95. The molecule has 1 amide bonds. The van der Waals surface area contributed by atoms with Crippen molar-refractivity contribution in [3.63, 3.8) is 0 Å². The average Bonchev–Trinajstić information content (AvgIpc) is 2.54. The predicted octanol–water partition coefficient (Wildman–Crippen LogP) is 2.84. The van der Waals surface area contributed by atoms with Crippen LogP contribution in [0, 0.1) is 17.8 Å². The monoisotopic (exact) mass is 315 g/mol. The third kappa shape index (κ3) is 3.81. The Kier molecular flexibility index (Phi) is 5.11. The number of nitrogens with one attached hydrogen (secondary N) is 1. The van der Waals surface area contributed by atoms with Crippen LogP contribution in [0.5, 0.6) is 0 Å². The van der Waals surface area contributed by atoms with Gasteiger partial charge in [0.15, 0.2) is 0 Å². The van der Waals surface area contributed by atoms with Crippen LogP contribution in [0.25, 0.3) is 0 Å². The summed E-state index contributed by atoms with van der Waals surface area (Å²) >= 11 is 0. The molecule has 124 valence electrons. The van der Waals surface area contributed by atoms with E-state index in [4.69, 9.17) is 4.74 Å². The lowest BCUT2D eigenvalue weighted by Gasteiger charge is -2.36. The van der Waals surface area contributed by atoms with Gasteiger partial charge in [-0.3, -0.25) is 9.59 Å². The fraction of sp³-hybridized carbons (Fsp3) is 0.579. The molecule has 2 fully saturated rings. The topological polar surface area (TPSA) is 55.4 Å². The molecule has 2 aliphatic rings. The summed E-state index contributed by atoms with van der Waals surface area (Å²) in [5.74, 6) is 0.790. The molecule has 2 aliphatic carbocycles. The molecule has 0 spiro atoms. The molecule has 4 heteroatoms. The van der Waals surface area contributed by atoms with Crippen LogP contribution < -0.4 is 5.32 Å². The molecule has 23 heavy (non-hydrogen) atoms. The van der Waals surface area contributed by atoms with Crippen LogP contribution in [0.2, 0.25) is 0 Å². The zero-order valence-electron chi connectivity index (χ0n) is 13.7. The van der Waals surface area contributed by atoms with Gasteiger partial charge in [-0.1, -0.05) is 30.7 Å². The van der Waals surface area contributed by atoms with Gasteiger partial charge in [0.25, 0.3) is 0 Å². The number of methoxy groups -OCH3 is 1. The van der Waals surface area contributed by atoms with E-state index < -0.39 is 0 Å². The standard InChI is InChI=1S/C19H25NO3/c1-23-12-14-7-5-13(6-8-14)11-20-19(22)17-9-15-3-2-4-16(10-17)18(15)21/h5-8,15-17H,2-4,9-12H2,1H3,(H,20,22). The van der Waals surface area contributed by atoms with Gasteiger partial charge in [0.05, 0.1) is 6.61 Å². The third-order valence-corrected chi connectivity index (χ3v) is 5.22. The second-order valence-corrected chi connectivity index (χ2v) is 6.86. The number of Topliss-reactive ketones (excluding diaryl/α,β-unsaturated/α-hetero) is 1. The molecule has 0 heterocycles. The van der Waals surface area contributed by atoms with Gasteiger partial charge in [0, 0.05) is 31.4 Å². The van der Waals surface area contributed by atoms with Crippen molar-refractivity contribution in [2.24, 2.45) is 17.8 Å². The second kappa shape index (κ2) is 7.26. The van der Waals surface area contributed by atoms with Crippen molar-refractivity contribution in [3.05, 3.63) is 35.4 Å². The highest BCUT2D eigenvalue weighted by molar-refractivity contribution is 5.88. The van der Waals surface area contributed by atoms with Crippen molar-refractivity contribution in [1.82, 2.24) is 5.32 Å². The molecule has 2 atom stereocenters. The summed E-state index contributed by atoms with van der Waals surface area (Å²) in [7, 11) is 1.68. The van der Waals surface area contributed by atoms with Gasteiger partial charge in [0.2, 0.25) is 5.91 Å². The van der Waals surface area contributed by atoms with Crippen LogP contribution in [0.4, 0.5) is 0 Å². The number of fused-ring (bicyclic) bond motifs is 2. The normalized spacial score (nSPS) is 26.8. The van der Waals surface area contributed by atoms with E-state index in [2.05, 4.69) is 5.32 Å². The molecule has 4 nitrogen and oxygen atoms in total. The van der Waals surface area contributed by atoms with E-state index in [-0.39, 0.29) is 23.7 Å². The van der Waals surface area contributed by atoms with Crippen LogP contribution in [-0.2, 0) is 27.5 Å². The quantitative estimate of drug-likeness (QED) is 0.909. The molecule has 1 aromatic carbocycles. The highest BCUT2D eigenvalue weighted by atomic mass is 16.5. The molecule has 0 radical (unpaired) electrons. The Bertz CT molecular complexity index is 550. The number of rotatable bonds is 5. The Morgan fingerprint density at radius 3 is 2.35 bits per heavy atom. The SMILES string of the molecule is COCc1ccc(CNC(=O)C2CC3CCCC(C2)C3=O)cc1. The van der Waals surface area contributed by atoms with E-state index >= 15 is 0 Å². The van der Waals surface area contributed by atoms with Gasteiger partial charge >= 0.3 is 0 Å². The zero-order valence-corrected chi connectivity index (χ0v) is 13.7. The van der Waals surface area contributed by atoms with Gasteiger partial charge in [-0.25, -0.2) is 0 Å². The minimum absolute atomic E-state index is 0.00997. The van der Waals surface area contributed by atoms with Crippen LogP contribution in [-0.4, -0.2) is 18.8 Å². The number of ketones is 1. The van der Waals surface area contributed by atoms with Crippen molar-refractivity contribution in [1.29, 1.82) is 0 Å². The second-order valence-electron chi connectivity index (χ2n) is 6.86. The Morgan fingerprint density at radius 1 is 1.13 bits per heavy atom. The first-order chi connectivity index (χ1) is 11.2. The number of ether oxygens (including phenoxy) is 1. The van der Waals surface area contributed by atoms with Gasteiger partial charge in [-0.2, -0.15) is 0 Å². The molecular weight excluding hydrogens is 290 g/mol. The van der Waals surface area contributed by atoms with E-state index in [1.165, 1.54) is 0 Å². The number of hydrogen-bond acceptors (Lipinski definition) is 3. The Hall–Kier alpha value is -1.68. The van der Waals surface area contributed by atoms with Gasteiger partial charge in [-0.05, 0) is 36.8 Å². The van der Waals surface area contributed by atoms with Crippen LogP contribution in [0.3, 0.4) is 0 Å². The molecule has 0 aromatic heterocycles. The lowest BCUT2D eigenvalue weighted by Crippen LogP contribution is -2.42. The molecule has 1 aromatic rings.